The van der Waals surface area contributed by atoms with Crippen LogP contribution in [0.2, 0.25) is 0 Å². The lowest BCUT2D eigenvalue weighted by Gasteiger charge is -2.25. The lowest BCUT2D eigenvalue weighted by molar-refractivity contribution is -0.126. The van der Waals surface area contributed by atoms with E-state index in [-0.39, 0.29) is 23.8 Å². The number of carbonyl (C=O) groups excluding carboxylic acids is 2. The Hall–Kier alpha value is -3.02. The van der Waals surface area contributed by atoms with Gasteiger partial charge in [-0.3, -0.25) is 9.59 Å². The van der Waals surface area contributed by atoms with Crippen LogP contribution in [0.25, 0.3) is 0 Å². The van der Waals surface area contributed by atoms with Crippen molar-refractivity contribution in [3.63, 3.8) is 0 Å². The van der Waals surface area contributed by atoms with Crippen molar-refractivity contribution in [2.75, 3.05) is 12.4 Å². The van der Waals surface area contributed by atoms with Gasteiger partial charge in [0, 0.05) is 25.1 Å². The molecular formula is C22H24N2O4. The second-order valence-corrected chi connectivity index (χ2v) is 7.96. The van der Waals surface area contributed by atoms with Crippen LogP contribution in [0.5, 0.6) is 11.5 Å². The number of ether oxygens (including phenoxy) is 2. The average molecular weight is 380 g/mol. The summed E-state index contributed by atoms with van der Waals surface area (Å²) in [6.07, 6.45) is 0.971. The molecule has 2 N–H and O–H groups in total. The summed E-state index contributed by atoms with van der Waals surface area (Å²) in [5.41, 5.74) is 3.42. The summed E-state index contributed by atoms with van der Waals surface area (Å²) in [4.78, 5) is 24.9. The molecule has 2 aromatic rings. The van der Waals surface area contributed by atoms with Crippen molar-refractivity contribution in [2.45, 2.75) is 44.8 Å². The Balaban J connectivity index is 1.49. The molecule has 2 amide bonds. The number of benzene rings is 2. The SMILES string of the molecule is COc1ccc2c(c1)[C@H](C(=O)NCc1ccc3c(c1)CC(C)(C)O3)CC(=O)N2. The van der Waals surface area contributed by atoms with E-state index in [0.29, 0.717) is 18.0 Å². The van der Waals surface area contributed by atoms with E-state index in [1.165, 1.54) is 0 Å². The molecule has 2 aliphatic heterocycles. The summed E-state index contributed by atoms with van der Waals surface area (Å²) in [5.74, 6) is 0.714. The molecule has 0 aromatic heterocycles. The molecule has 2 aromatic carbocycles. The van der Waals surface area contributed by atoms with Gasteiger partial charge in [-0.05, 0) is 54.8 Å². The lowest BCUT2D eigenvalue weighted by Crippen LogP contribution is -2.34. The van der Waals surface area contributed by atoms with E-state index in [2.05, 4.69) is 30.5 Å². The number of carbonyl (C=O) groups is 2. The van der Waals surface area contributed by atoms with Gasteiger partial charge in [-0.2, -0.15) is 0 Å². The van der Waals surface area contributed by atoms with E-state index in [9.17, 15) is 9.59 Å². The van der Waals surface area contributed by atoms with Gasteiger partial charge >= 0.3 is 0 Å². The van der Waals surface area contributed by atoms with Crippen LogP contribution in [0.1, 0.15) is 42.9 Å². The van der Waals surface area contributed by atoms with Crippen LogP contribution in [0.3, 0.4) is 0 Å². The first-order chi connectivity index (χ1) is 13.3. The summed E-state index contributed by atoms with van der Waals surface area (Å²) in [6, 6.07) is 11.4. The van der Waals surface area contributed by atoms with E-state index >= 15 is 0 Å². The molecule has 0 saturated carbocycles. The molecule has 2 heterocycles. The number of anilines is 1. The zero-order valence-corrected chi connectivity index (χ0v) is 16.3. The van der Waals surface area contributed by atoms with E-state index in [1.807, 2.05) is 18.2 Å². The van der Waals surface area contributed by atoms with E-state index in [0.717, 1.165) is 28.9 Å². The smallest absolute Gasteiger partial charge is 0.228 e. The van der Waals surface area contributed by atoms with Gasteiger partial charge in [-0.1, -0.05) is 12.1 Å². The van der Waals surface area contributed by atoms with Gasteiger partial charge in [-0.25, -0.2) is 0 Å². The van der Waals surface area contributed by atoms with Crippen molar-refractivity contribution in [1.29, 1.82) is 0 Å². The Kier molecular flexibility index (Phi) is 4.49. The molecule has 2 aliphatic rings. The van der Waals surface area contributed by atoms with Crippen molar-refractivity contribution in [3.8, 4) is 11.5 Å². The third kappa shape index (κ3) is 3.54. The molecule has 0 spiro atoms. The summed E-state index contributed by atoms with van der Waals surface area (Å²) < 4.78 is 11.2. The molecule has 0 aliphatic carbocycles. The Morgan fingerprint density at radius 3 is 2.89 bits per heavy atom. The van der Waals surface area contributed by atoms with Crippen LogP contribution in [0, 0.1) is 0 Å². The first-order valence-electron chi connectivity index (χ1n) is 9.41. The molecule has 28 heavy (non-hydrogen) atoms. The highest BCUT2D eigenvalue weighted by molar-refractivity contribution is 6.01. The Bertz CT molecular complexity index is 952. The second-order valence-electron chi connectivity index (χ2n) is 7.96. The molecule has 146 valence electrons. The maximum atomic E-state index is 12.9. The van der Waals surface area contributed by atoms with Gasteiger partial charge in [0.1, 0.15) is 17.1 Å². The number of nitrogens with one attached hydrogen (secondary N) is 2. The van der Waals surface area contributed by atoms with Crippen molar-refractivity contribution in [2.24, 2.45) is 0 Å². The van der Waals surface area contributed by atoms with Crippen molar-refractivity contribution >= 4 is 17.5 Å². The monoisotopic (exact) mass is 380 g/mol. The van der Waals surface area contributed by atoms with Crippen molar-refractivity contribution in [3.05, 3.63) is 53.1 Å². The van der Waals surface area contributed by atoms with Gasteiger partial charge in [0.25, 0.3) is 0 Å². The van der Waals surface area contributed by atoms with Gasteiger partial charge in [-0.15, -0.1) is 0 Å². The van der Waals surface area contributed by atoms with Crippen LogP contribution < -0.4 is 20.1 Å². The predicted molar refractivity (Wildman–Crippen MR) is 106 cm³/mol. The molecule has 0 unspecified atom stereocenters. The molecule has 0 bridgehead atoms. The first-order valence-corrected chi connectivity index (χ1v) is 9.41. The quantitative estimate of drug-likeness (QED) is 0.854. The van der Waals surface area contributed by atoms with Gasteiger partial charge in [0.05, 0.1) is 13.0 Å². The molecule has 1 atom stereocenters. The highest BCUT2D eigenvalue weighted by Gasteiger charge is 2.32. The predicted octanol–water partition coefficient (Wildman–Crippen LogP) is 3.15. The fourth-order valence-electron chi connectivity index (χ4n) is 3.89. The maximum Gasteiger partial charge on any atom is 0.228 e. The minimum absolute atomic E-state index is 0.123. The van der Waals surface area contributed by atoms with Gasteiger partial charge < -0.3 is 20.1 Å². The Morgan fingerprint density at radius 1 is 1.29 bits per heavy atom. The van der Waals surface area contributed by atoms with Crippen LogP contribution in [-0.4, -0.2) is 24.5 Å². The molecule has 0 saturated heterocycles. The van der Waals surface area contributed by atoms with Gasteiger partial charge in [0.2, 0.25) is 11.8 Å². The average Bonchev–Trinajstić information content (AvgIpc) is 2.98. The number of rotatable bonds is 4. The zero-order chi connectivity index (χ0) is 19.9. The maximum absolute atomic E-state index is 12.9. The summed E-state index contributed by atoms with van der Waals surface area (Å²) in [5, 5.41) is 5.80. The fourth-order valence-corrected chi connectivity index (χ4v) is 3.89. The topological polar surface area (TPSA) is 76.7 Å². The zero-order valence-electron chi connectivity index (χ0n) is 16.3. The van der Waals surface area contributed by atoms with Crippen LogP contribution in [0.15, 0.2) is 36.4 Å². The van der Waals surface area contributed by atoms with E-state index in [1.54, 1.807) is 19.2 Å². The largest absolute Gasteiger partial charge is 0.497 e. The number of amides is 2. The fraction of sp³-hybridized carbons (Fsp3) is 0.364. The third-order valence-corrected chi connectivity index (χ3v) is 5.21. The number of hydrogen-bond donors (Lipinski definition) is 2. The minimum Gasteiger partial charge on any atom is -0.497 e. The number of fused-ring (bicyclic) bond motifs is 2. The van der Waals surface area contributed by atoms with E-state index < -0.39 is 5.92 Å². The van der Waals surface area contributed by atoms with Crippen molar-refractivity contribution < 1.29 is 19.1 Å². The number of hydrogen-bond acceptors (Lipinski definition) is 4. The molecular weight excluding hydrogens is 356 g/mol. The summed E-state index contributed by atoms with van der Waals surface area (Å²) >= 11 is 0. The van der Waals surface area contributed by atoms with Crippen LogP contribution in [-0.2, 0) is 22.6 Å². The number of methoxy groups -OCH3 is 1. The highest BCUT2D eigenvalue weighted by Crippen LogP contribution is 2.36. The lowest BCUT2D eigenvalue weighted by atomic mass is 9.89. The normalized spacial score (nSPS) is 19.1. The molecule has 4 rings (SSSR count). The highest BCUT2D eigenvalue weighted by atomic mass is 16.5. The van der Waals surface area contributed by atoms with Gasteiger partial charge in [0.15, 0.2) is 0 Å². The first kappa shape index (κ1) is 18.3. The molecule has 6 heteroatoms. The van der Waals surface area contributed by atoms with Crippen molar-refractivity contribution in [1.82, 2.24) is 5.32 Å². The standard InChI is InChI=1S/C22H24N2O4/c1-22(2)11-14-8-13(4-7-19(14)28-22)12-23-21(26)17-10-20(25)24-18-6-5-15(27-3)9-16(17)18/h4-9,17H,10-12H2,1-3H3,(H,23,26)(H,24,25)/t17-/m1/s1. The summed E-state index contributed by atoms with van der Waals surface area (Å²) in [6.45, 7) is 4.53. The molecule has 0 fully saturated rings. The molecule has 0 radical (unpaired) electrons. The van der Waals surface area contributed by atoms with Crippen LogP contribution >= 0.6 is 0 Å². The minimum atomic E-state index is -0.532. The Morgan fingerprint density at radius 2 is 2.11 bits per heavy atom. The van der Waals surface area contributed by atoms with Crippen LogP contribution in [0.4, 0.5) is 5.69 Å². The molecule has 6 nitrogen and oxygen atoms in total. The Labute approximate surface area is 164 Å². The third-order valence-electron chi connectivity index (χ3n) is 5.21. The second kappa shape index (κ2) is 6.86. The summed E-state index contributed by atoms with van der Waals surface area (Å²) in [7, 11) is 1.58. The van der Waals surface area contributed by atoms with E-state index in [4.69, 9.17) is 9.47 Å².